The number of hydrogen-bond donors (Lipinski definition) is 1. The minimum absolute atomic E-state index is 0.260. The van der Waals surface area contributed by atoms with Gasteiger partial charge in [-0.05, 0) is 32.9 Å². The summed E-state index contributed by atoms with van der Waals surface area (Å²) in [6.07, 6.45) is 7.52. The molecule has 5 heteroatoms. The van der Waals surface area contributed by atoms with E-state index in [1.165, 1.54) is 0 Å². The highest BCUT2D eigenvalue weighted by molar-refractivity contribution is 5.76. The fraction of sp³-hybridized carbons (Fsp3) is 0.692. The molecule has 1 aromatic heterocycles. The molecular formula is C13H22N4O. The summed E-state index contributed by atoms with van der Waals surface area (Å²) in [5.41, 5.74) is 0. The molecule has 0 aliphatic heterocycles. The molecule has 1 aliphatic carbocycles. The first-order valence-corrected chi connectivity index (χ1v) is 6.62. The van der Waals surface area contributed by atoms with Crippen molar-refractivity contribution in [3.63, 3.8) is 0 Å². The maximum absolute atomic E-state index is 12.2. The minimum Gasteiger partial charge on any atom is -0.337 e. The highest BCUT2D eigenvalue weighted by Gasteiger charge is 2.32. The predicted molar refractivity (Wildman–Crippen MR) is 69.9 cm³/mol. The van der Waals surface area contributed by atoms with Crippen LogP contribution in [0.5, 0.6) is 0 Å². The van der Waals surface area contributed by atoms with Crippen LogP contribution in [-0.2, 0) is 18.4 Å². The van der Waals surface area contributed by atoms with Crippen molar-refractivity contribution in [1.82, 2.24) is 19.8 Å². The molecule has 0 bridgehead atoms. The number of aryl methyl sites for hydroxylation is 1. The van der Waals surface area contributed by atoms with Gasteiger partial charge in [-0.2, -0.15) is 0 Å². The number of rotatable bonds is 7. The van der Waals surface area contributed by atoms with Gasteiger partial charge in [0, 0.05) is 31.9 Å². The Kier molecular flexibility index (Phi) is 4.36. The van der Waals surface area contributed by atoms with Gasteiger partial charge in [0.05, 0.1) is 6.54 Å². The standard InChI is InChI=1S/C13H22N4O/c1-14-7-3-4-13(18)17(11-5-6-11)10-12-15-8-9-16(12)2/h8-9,11,14H,3-7,10H2,1-2H3. The number of nitrogens with one attached hydrogen (secondary N) is 1. The molecule has 1 aromatic rings. The largest absolute Gasteiger partial charge is 0.337 e. The van der Waals surface area contributed by atoms with E-state index in [4.69, 9.17) is 0 Å². The Labute approximate surface area is 108 Å². The molecule has 0 atom stereocenters. The van der Waals surface area contributed by atoms with E-state index in [9.17, 15) is 4.79 Å². The van der Waals surface area contributed by atoms with Crippen molar-refractivity contribution in [3.05, 3.63) is 18.2 Å². The average Bonchev–Trinajstić information content (AvgIpc) is 3.11. The van der Waals surface area contributed by atoms with Crippen LogP contribution < -0.4 is 5.32 Å². The first-order chi connectivity index (χ1) is 8.72. The fourth-order valence-corrected chi connectivity index (χ4v) is 2.07. The van der Waals surface area contributed by atoms with Crippen LogP contribution in [0.25, 0.3) is 0 Å². The predicted octanol–water partition coefficient (Wildman–Crippen LogP) is 0.911. The number of carbonyl (C=O) groups excluding carboxylic acids is 1. The normalized spacial score (nSPS) is 14.8. The SMILES string of the molecule is CNCCCC(=O)N(Cc1nccn1C)C1CC1. The summed E-state index contributed by atoms with van der Waals surface area (Å²) in [4.78, 5) is 18.5. The molecule has 0 radical (unpaired) electrons. The number of imidazole rings is 1. The van der Waals surface area contributed by atoms with Crippen LogP contribution >= 0.6 is 0 Å². The number of amides is 1. The van der Waals surface area contributed by atoms with Gasteiger partial charge in [-0.1, -0.05) is 0 Å². The Balaban J connectivity index is 1.91. The van der Waals surface area contributed by atoms with Crippen molar-refractivity contribution in [2.24, 2.45) is 7.05 Å². The summed E-state index contributed by atoms with van der Waals surface area (Å²) in [7, 11) is 3.88. The van der Waals surface area contributed by atoms with Gasteiger partial charge >= 0.3 is 0 Å². The van der Waals surface area contributed by atoms with E-state index in [1.807, 2.05) is 29.8 Å². The molecule has 1 fully saturated rings. The van der Waals surface area contributed by atoms with Gasteiger partial charge in [-0.25, -0.2) is 4.98 Å². The van der Waals surface area contributed by atoms with Crippen LogP contribution in [0.4, 0.5) is 0 Å². The summed E-state index contributed by atoms with van der Waals surface area (Å²) < 4.78 is 1.98. The third kappa shape index (κ3) is 3.32. The molecule has 2 rings (SSSR count). The lowest BCUT2D eigenvalue weighted by molar-refractivity contribution is -0.132. The van der Waals surface area contributed by atoms with Gasteiger partial charge in [-0.15, -0.1) is 0 Å². The van der Waals surface area contributed by atoms with Crippen LogP contribution in [0, 0.1) is 0 Å². The number of hydrogen-bond acceptors (Lipinski definition) is 3. The van der Waals surface area contributed by atoms with Crippen LogP contribution in [0.1, 0.15) is 31.5 Å². The maximum atomic E-state index is 12.2. The number of nitrogens with zero attached hydrogens (tertiary/aromatic N) is 3. The second kappa shape index (κ2) is 6.00. The van der Waals surface area contributed by atoms with E-state index >= 15 is 0 Å². The maximum Gasteiger partial charge on any atom is 0.223 e. The fourth-order valence-electron chi connectivity index (χ4n) is 2.07. The molecule has 0 saturated heterocycles. The van der Waals surface area contributed by atoms with E-state index in [-0.39, 0.29) is 5.91 Å². The molecule has 100 valence electrons. The molecule has 1 amide bonds. The minimum atomic E-state index is 0.260. The second-order valence-electron chi connectivity index (χ2n) is 4.91. The highest BCUT2D eigenvalue weighted by atomic mass is 16.2. The molecule has 1 heterocycles. The molecule has 0 unspecified atom stereocenters. The highest BCUT2D eigenvalue weighted by Crippen LogP contribution is 2.28. The number of aromatic nitrogens is 2. The molecule has 1 saturated carbocycles. The van der Waals surface area contributed by atoms with Crippen molar-refractivity contribution < 1.29 is 4.79 Å². The second-order valence-corrected chi connectivity index (χ2v) is 4.91. The Morgan fingerprint density at radius 1 is 1.61 bits per heavy atom. The first kappa shape index (κ1) is 13.1. The summed E-state index contributed by atoms with van der Waals surface area (Å²) in [6, 6.07) is 0.448. The molecule has 0 aromatic carbocycles. The molecular weight excluding hydrogens is 228 g/mol. The van der Waals surface area contributed by atoms with Crippen LogP contribution in [0.15, 0.2) is 12.4 Å². The number of carbonyl (C=O) groups is 1. The Morgan fingerprint density at radius 2 is 2.39 bits per heavy atom. The first-order valence-electron chi connectivity index (χ1n) is 6.62. The topological polar surface area (TPSA) is 50.2 Å². The Morgan fingerprint density at radius 3 is 2.94 bits per heavy atom. The smallest absolute Gasteiger partial charge is 0.223 e. The van der Waals surface area contributed by atoms with Gasteiger partial charge in [0.25, 0.3) is 0 Å². The van der Waals surface area contributed by atoms with Gasteiger partial charge in [0.15, 0.2) is 0 Å². The van der Waals surface area contributed by atoms with Gasteiger partial charge in [0.1, 0.15) is 5.82 Å². The third-order valence-corrected chi connectivity index (χ3v) is 3.36. The monoisotopic (exact) mass is 250 g/mol. The van der Waals surface area contributed by atoms with E-state index < -0.39 is 0 Å². The molecule has 18 heavy (non-hydrogen) atoms. The lowest BCUT2D eigenvalue weighted by atomic mass is 10.2. The van der Waals surface area contributed by atoms with E-state index in [2.05, 4.69) is 10.3 Å². The van der Waals surface area contributed by atoms with Gasteiger partial charge < -0.3 is 14.8 Å². The quantitative estimate of drug-likeness (QED) is 0.732. The zero-order chi connectivity index (χ0) is 13.0. The summed E-state index contributed by atoms with van der Waals surface area (Å²) in [5, 5.41) is 3.07. The van der Waals surface area contributed by atoms with Crippen LogP contribution in [0.2, 0.25) is 0 Å². The average molecular weight is 250 g/mol. The summed E-state index contributed by atoms with van der Waals surface area (Å²) in [5.74, 6) is 1.22. The lowest BCUT2D eigenvalue weighted by Crippen LogP contribution is -2.33. The lowest BCUT2D eigenvalue weighted by Gasteiger charge is -2.22. The summed E-state index contributed by atoms with van der Waals surface area (Å²) in [6.45, 7) is 1.54. The van der Waals surface area contributed by atoms with E-state index in [0.29, 0.717) is 19.0 Å². The van der Waals surface area contributed by atoms with Crippen molar-refractivity contribution in [2.75, 3.05) is 13.6 Å². The van der Waals surface area contributed by atoms with Crippen LogP contribution in [0.3, 0.4) is 0 Å². The third-order valence-electron chi connectivity index (χ3n) is 3.36. The van der Waals surface area contributed by atoms with Gasteiger partial charge in [0.2, 0.25) is 5.91 Å². The molecule has 1 N–H and O–H groups in total. The van der Waals surface area contributed by atoms with Crippen LogP contribution in [-0.4, -0.2) is 40.0 Å². The van der Waals surface area contributed by atoms with Crippen molar-refractivity contribution in [2.45, 2.75) is 38.3 Å². The van der Waals surface area contributed by atoms with Crippen molar-refractivity contribution in [3.8, 4) is 0 Å². The summed E-state index contributed by atoms with van der Waals surface area (Å²) >= 11 is 0. The van der Waals surface area contributed by atoms with Crippen molar-refractivity contribution >= 4 is 5.91 Å². The molecule has 0 spiro atoms. The Bertz CT molecular complexity index is 397. The molecule has 5 nitrogen and oxygen atoms in total. The van der Waals surface area contributed by atoms with E-state index in [0.717, 1.165) is 31.6 Å². The van der Waals surface area contributed by atoms with Crippen molar-refractivity contribution in [1.29, 1.82) is 0 Å². The zero-order valence-corrected chi connectivity index (χ0v) is 11.2. The van der Waals surface area contributed by atoms with E-state index in [1.54, 1.807) is 6.20 Å². The van der Waals surface area contributed by atoms with Gasteiger partial charge in [-0.3, -0.25) is 4.79 Å². The molecule has 1 aliphatic rings. The Hall–Kier alpha value is -1.36. The zero-order valence-electron chi connectivity index (χ0n) is 11.2.